The lowest BCUT2D eigenvalue weighted by molar-refractivity contribution is -0.119. The predicted octanol–water partition coefficient (Wildman–Crippen LogP) is 3.77. The van der Waals surface area contributed by atoms with Gasteiger partial charge in [-0.1, -0.05) is 35.9 Å². The molecule has 2 aromatic rings. The smallest absolute Gasteiger partial charge is 0.267 e. The molecule has 6 heteroatoms. The molecule has 162 valence electrons. The zero-order chi connectivity index (χ0) is 21.6. The van der Waals surface area contributed by atoms with Crippen LogP contribution in [0.5, 0.6) is 0 Å². The van der Waals surface area contributed by atoms with Crippen LogP contribution in [0.1, 0.15) is 50.6 Å². The summed E-state index contributed by atoms with van der Waals surface area (Å²) in [6, 6.07) is 11.3. The molecule has 6 nitrogen and oxygen atoms in total. The number of hydrogen-bond acceptors (Lipinski definition) is 4. The summed E-state index contributed by atoms with van der Waals surface area (Å²) in [6.07, 6.45) is 15.3. The van der Waals surface area contributed by atoms with Crippen LogP contribution >= 0.6 is 0 Å². The first-order valence-electron chi connectivity index (χ1n) is 11.1. The molecule has 1 amide bonds. The predicted molar refractivity (Wildman–Crippen MR) is 123 cm³/mol. The number of benzene rings is 1. The lowest BCUT2D eigenvalue weighted by Gasteiger charge is -2.17. The van der Waals surface area contributed by atoms with Crippen molar-refractivity contribution in [1.29, 1.82) is 0 Å². The van der Waals surface area contributed by atoms with Crippen molar-refractivity contribution in [3.8, 4) is 0 Å². The topological polar surface area (TPSA) is 76.0 Å². The van der Waals surface area contributed by atoms with Crippen molar-refractivity contribution < 1.29 is 4.79 Å². The monoisotopic (exact) mass is 418 g/mol. The molecule has 4 rings (SSSR count). The van der Waals surface area contributed by atoms with E-state index in [1.54, 1.807) is 13.0 Å². The van der Waals surface area contributed by atoms with Gasteiger partial charge in [0.2, 0.25) is 5.91 Å². The number of rotatable bonds is 7. The van der Waals surface area contributed by atoms with Crippen molar-refractivity contribution >= 4 is 11.6 Å². The van der Waals surface area contributed by atoms with Crippen LogP contribution in [0.25, 0.3) is 0 Å². The van der Waals surface area contributed by atoms with Crippen molar-refractivity contribution in [1.82, 2.24) is 15.1 Å². The van der Waals surface area contributed by atoms with Gasteiger partial charge in [-0.25, -0.2) is 4.68 Å². The summed E-state index contributed by atoms with van der Waals surface area (Å²) in [7, 11) is 0. The molecule has 1 aromatic heterocycles. The number of aromatic nitrogens is 2. The summed E-state index contributed by atoms with van der Waals surface area (Å²) in [5, 5.41) is 10.6. The van der Waals surface area contributed by atoms with E-state index in [1.807, 2.05) is 12.1 Å². The summed E-state index contributed by atoms with van der Waals surface area (Å²) in [4.78, 5) is 24.4. The Morgan fingerprint density at radius 3 is 2.65 bits per heavy atom. The van der Waals surface area contributed by atoms with Gasteiger partial charge in [0, 0.05) is 30.0 Å². The first-order valence-corrected chi connectivity index (χ1v) is 11.1. The number of amides is 1. The lowest BCUT2D eigenvalue weighted by atomic mass is 9.99. The van der Waals surface area contributed by atoms with Crippen molar-refractivity contribution in [3.63, 3.8) is 0 Å². The summed E-state index contributed by atoms with van der Waals surface area (Å²) in [5.41, 5.74) is 3.14. The molecular weight excluding hydrogens is 388 g/mol. The first-order chi connectivity index (χ1) is 15.1. The van der Waals surface area contributed by atoms with Gasteiger partial charge in [0.05, 0.1) is 0 Å². The first kappa shape index (κ1) is 21.2. The van der Waals surface area contributed by atoms with Crippen LogP contribution in [-0.4, -0.2) is 27.8 Å². The van der Waals surface area contributed by atoms with E-state index < -0.39 is 6.04 Å². The fraction of sp³-hybridized carbons (Fsp3) is 0.400. The third-order valence-electron chi connectivity index (χ3n) is 6.08. The molecule has 3 atom stereocenters. The van der Waals surface area contributed by atoms with E-state index in [-0.39, 0.29) is 11.5 Å². The van der Waals surface area contributed by atoms with Crippen molar-refractivity contribution in [2.24, 2.45) is 0 Å². The van der Waals surface area contributed by atoms with Crippen LogP contribution in [-0.2, 0) is 11.2 Å². The maximum atomic E-state index is 12.5. The van der Waals surface area contributed by atoms with Crippen LogP contribution < -0.4 is 16.2 Å². The normalized spacial score (nSPS) is 21.5. The molecule has 0 saturated carbocycles. The molecule has 0 spiro atoms. The van der Waals surface area contributed by atoms with E-state index in [0.717, 1.165) is 18.5 Å². The second-order valence-electron chi connectivity index (χ2n) is 8.47. The third kappa shape index (κ3) is 5.58. The molecule has 2 heterocycles. The fourth-order valence-corrected chi connectivity index (χ4v) is 4.35. The van der Waals surface area contributed by atoms with E-state index in [2.05, 4.69) is 46.1 Å². The lowest BCUT2D eigenvalue weighted by Crippen LogP contribution is -2.32. The van der Waals surface area contributed by atoms with E-state index in [4.69, 9.17) is 0 Å². The maximum absolute atomic E-state index is 12.5. The van der Waals surface area contributed by atoms with Crippen molar-refractivity contribution in [3.05, 3.63) is 82.3 Å². The molecule has 1 unspecified atom stereocenters. The minimum atomic E-state index is -0.679. The van der Waals surface area contributed by atoms with Gasteiger partial charge in [-0.2, -0.15) is 5.10 Å². The zero-order valence-corrected chi connectivity index (χ0v) is 18.0. The van der Waals surface area contributed by atoms with Crippen LogP contribution in [0.4, 0.5) is 5.69 Å². The van der Waals surface area contributed by atoms with Crippen LogP contribution in [0.15, 0.2) is 71.2 Å². The average Bonchev–Trinajstić information content (AvgIpc) is 3.22. The molecule has 0 bridgehead atoms. The molecule has 1 fully saturated rings. The highest BCUT2D eigenvalue weighted by Gasteiger charge is 2.24. The number of anilines is 1. The Morgan fingerprint density at radius 1 is 1.16 bits per heavy atom. The number of hydrogen-bond donors (Lipinski definition) is 2. The summed E-state index contributed by atoms with van der Waals surface area (Å²) in [6.45, 7) is 1.67. The molecule has 2 aliphatic rings. The second kappa shape index (κ2) is 9.88. The van der Waals surface area contributed by atoms with Crippen LogP contribution in [0.2, 0.25) is 0 Å². The van der Waals surface area contributed by atoms with E-state index >= 15 is 0 Å². The van der Waals surface area contributed by atoms with Gasteiger partial charge in [0.15, 0.2) is 0 Å². The Balaban J connectivity index is 1.28. The minimum absolute atomic E-state index is 0.264. The second-order valence-corrected chi connectivity index (χ2v) is 8.47. The third-order valence-corrected chi connectivity index (χ3v) is 6.08. The van der Waals surface area contributed by atoms with E-state index in [0.29, 0.717) is 12.1 Å². The van der Waals surface area contributed by atoms with Crippen molar-refractivity contribution in [2.75, 3.05) is 5.32 Å². The average molecular weight is 419 g/mol. The van der Waals surface area contributed by atoms with Gasteiger partial charge in [-0.15, -0.1) is 0 Å². The van der Waals surface area contributed by atoms with Crippen LogP contribution in [0, 0.1) is 0 Å². The highest BCUT2D eigenvalue weighted by molar-refractivity contribution is 5.93. The number of allylic oxidation sites excluding steroid dienone is 3. The van der Waals surface area contributed by atoms with Gasteiger partial charge in [-0.3, -0.25) is 9.59 Å². The van der Waals surface area contributed by atoms with Crippen LogP contribution in [0.3, 0.4) is 0 Å². The summed E-state index contributed by atoms with van der Waals surface area (Å²) in [5.74, 6) is -0.264. The zero-order valence-electron chi connectivity index (χ0n) is 18.0. The van der Waals surface area contributed by atoms with Gasteiger partial charge in [-0.05, 0) is 69.2 Å². The van der Waals surface area contributed by atoms with E-state index in [9.17, 15) is 9.59 Å². The van der Waals surface area contributed by atoms with Crippen molar-refractivity contribution in [2.45, 2.75) is 63.6 Å². The highest BCUT2D eigenvalue weighted by Crippen LogP contribution is 2.24. The molecule has 31 heavy (non-hydrogen) atoms. The number of carbonyl (C=O) groups is 1. The Kier molecular flexibility index (Phi) is 6.77. The molecule has 0 radical (unpaired) electrons. The number of nitrogens with one attached hydrogen (secondary N) is 2. The largest absolute Gasteiger partial charge is 0.324 e. The highest BCUT2D eigenvalue weighted by atomic mass is 16.2. The molecule has 2 N–H and O–H groups in total. The van der Waals surface area contributed by atoms with Gasteiger partial charge >= 0.3 is 0 Å². The number of nitrogens with zero attached hydrogens (tertiary/aromatic N) is 2. The minimum Gasteiger partial charge on any atom is -0.324 e. The molecular formula is C25H30N4O2. The quantitative estimate of drug-likeness (QED) is 0.718. The summed E-state index contributed by atoms with van der Waals surface area (Å²) >= 11 is 0. The Morgan fingerprint density at radius 2 is 1.94 bits per heavy atom. The van der Waals surface area contributed by atoms with Gasteiger partial charge in [0.1, 0.15) is 6.04 Å². The maximum Gasteiger partial charge on any atom is 0.267 e. The number of carbonyl (C=O) groups excluding carboxylic acids is 1. The van der Waals surface area contributed by atoms with Gasteiger partial charge < -0.3 is 10.6 Å². The Hall–Kier alpha value is -2.99. The molecule has 1 aliphatic heterocycles. The Bertz CT molecular complexity index is 1020. The molecule has 1 aliphatic carbocycles. The molecule has 1 saturated heterocycles. The van der Waals surface area contributed by atoms with E-state index in [1.165, 1.54) is 53.8 Å². The fourth-order valence-electron chi connectivity index (χ4n) is 4.35. The molecule has 1 aromatic carbocycles. The SMILES string of the molecule is CC(C(=O)Nc1ccc(C[C@@H]2CC[C@H](CC3=CCCC=C3)N2)cc1)n1ncccc1=O. The summed E-state index contributed by atoms with van der Waals surface area (Å²) < 4.78 is 1.19. The van der Waals surface area contributed by atoms with Gasteiger partial charge in [0.25, 0.3) is 5.56 Å². The standard InChI is InChI=1S/C25H30N4O2/c1-18(29-24(30)8-5-15-26-29)25(31)28-21-11-9-20(10-12-21)17-23-14-13-22(27-23)16-19-6-3-2-4-7-19/h3,5-12,15,18,22-23,27H,2,4,13-14,16-17H2,1H3,(H,28,31)/t18?,22-,23+/m1/s1. The Labute approximate surface area is 183 Å².